The van der Waals surface area contributed by atoms with Crippen LogP contribution < -0.4 is 5.76 Å². The SMILES string of the molecule is O=c1oc2cccnc2n1CCN1CCN(C(c2ccccc2)c2ccccc2)CC1. The zero-order valence-electron chi connectivity index (χ0n) is 17.4. The van der Waals surface area contributed by atoms with Gasteiger partial charge < -0.3 is 4.42 Å². The quantitative estimate of drug-likeness (QED) is 0.484. The van der Waals surface area contributed by atoms with E-state index >= 15 is 0 Å². The molecule has 2 aromatic carbocycles. The number of piperazine rings is 1. The molecule has 5 rings (SSSR count). The van der Waals surface area contributed by atoms with E-state index in [4.69, 9.17) is 4.42 Å². The van der Waals surface area contributed by atoms with Crippen molar-refractivity contribution in [1.29, 1.82) is 0 Å². The Kier molecular flexibility index (Phi) is 5.65. The fourth-order valence-corrected chi connectivity index (χ4v) is 4.47. The number of hydrogen-bond acceptors (Lipinski definition) is 5. The fourth-order valence-electron chi connectivity index (χ4n) is 4.47. The Hall–Kier alpha value is -3.22. The minimum absolute atomic E-state index is 0.259. The van der Waals surface area contributed by atoms with E-state index in [1.807, 2.05) is 0 Å². The highest BCUT2D eigenvalue weighted by molar-refractivity contribution is 5.67. The normalized spacial score (nSPS) is 15.6. The largest absolute Gasteiger partial charge is 0.421 e. The van der Waals surface area contributed by atoms with Gasteiger partial charge in [-0.3, -0.25) is 14.4 Å². The summed E-state index contributed by atoms with van der Waals surface area (Å²) in [6.07, 6.45) is 1.69. The van der Waals surface area contributed by atoms with Gasteiger partial charge in [0.05, 0.1) is 6.04 Å². The molecule has 158 valence electrons. The molecule has 0 aliphatic carbocycles. The molecule has 0 N–H and O–H groups in total. The number of pyridine rings is 1. The molecule has 1 saturated heterocycles. The molecule has 0 bridgehead atoms. The van der Waals surface area contributed by atoms with Crippen LogP contribution in [0.1, 0.15) is 17.2 Å². The van der Waals surface area contributed by atoms with Crippen LogP contribution in [0.25, 0.3) is 11.2 Å². The first-order valence-corrected chi connectivity index (χ1v) is 10.8. The van der Waals surface area contributed by atoms with Gasteiger partial charge in [-0.25, -0.2) is 9.78 Å². The molecule has 1 fully saturated rings. The number of hydrogen-bond donors (Lipinski definition) is 0. The first kappa shape index (κ1) is 19.7. The molecular weight excluding hydrogens is 388 g/mol. The monoisotopic (exact) mass is 414 g/mol. The molecule has 0 saturated carbocycles. The first-order chi connectivity index (χ1) is 15.3. The molecule has 2 aromatic heterocycles. The van der Waals surface area contributed by atoms with Crippen LogP contribution in [0, 0.1) is 0 Å². The van der Waals surface area contributed by atoms with Gasteiger partial charge >= 0.3 is 5.76 Å². The Bertz CT molecular complexity index is 1140. The molecule has 3 heterocycles. The van der Waals surface area contributed by atoms with E-state index in [2.05, 4.69) is 75.4 Å². The highest BCUT2D eigenvalue weighted by Crippen LogP contribution is 2.29. The minimum atomic E-state index is -0.333. The molecule has 0 unspecified atom stereocenters. The van der Waals surface area contributed by atoms with E-state index in [1.54, 1.807) is 22.9 Å². The lowest BCUT2D eigenvalue weighted by Crippen LogP contribution is -2.48. The van der Waals surface area contributed by atoms with Crippen molar-refractivity contribution in [2.24, 2.45) is 0 Å². The van der Waals surface area contributed by atoms with Crippen molar-refractivity contribution < 1.29 is 4.42 Å². The van der Waals surface area contributed by atoms with E-state index in [-0.39, 0.29) is 11.8 Å². The van der Waals surface area contributed by atoms with E-state index in [1.165, 1.54) is 11.1 Å². The average molecular weight is 415 g/mol. The summed E-state index contributed by atoms with van der Waals surface area (Å²) in [5.41, 5.74) is 3.82. The lowest BCUT2D eigenvalue weighted by Gasteiger charge is -2.39. The minimum Gasteiger partial charge on any atom is -0.406 e. The van der Waals surface area contributed by atoms with Crippen molar-refractivity contribution in [3.63, 3.8) is 0 Å². The lowest BCUT2D eigenvalue weighted by molar-refractivity contribution is 0.106. The molecule has 6 nitrogen and oxygen atoms in total. The molecule has 1 aliphatic rings. The third-order valence-electron chi connectivity index (χ3n) is 6.07. The van der Waals surface area contributed by atoms with Crippen molar-refractivity contribution in [2.45, 2.75) is 12.6 Å². The van der Waals surface area contributed by atoms with Gasteiger partial charge in [0.25, 0.3) is 0 Å². The number of rotatable bonds is 6. The summed E-state index contributed by atoms with van der Waals surface area (Å²) in [7, 11) is 0. The Morgan fingerprint density at radius 1 is 0.806 bits per heavy atom. The second kappa shape index (κ2) is 8.88. The first-order valence-electron chi connectivity index (χ1n) is 10.8. The highest BCUT2D eigenvalue weighted by Gasteiger charge is 2.26. The second-order valence-corrected chi connectivity index (χ2v) is 7.95. The Morgan fingerprint density at radius 2 is 1.45 bits per heavy atom. The van der Waals surface area contributed by atoms with Crippen LogP contribution in [0.4, 0.5) is 0 Å². The summed E-state index contributed by atoms with van der Waals surface area (Å²) in [4.78, 5) is 21.5. The van der Waals surface area contributed by atoms with Crippen LogP contribution in [0.5, 0.6) is 0 Å². The standard InChI is InChI=1S/C25H26N4O2/c30-25-29(24-22(31-25)12-7-13-26-24)19-16-27-14-17-28(18-15-27)23(20-8-3-1-4-9-20)21-10-5-2-6-11-21/h1-13,23H,14-19H2. The van der Waals surface area contributed by atoms with Crippen LogP contribution in [-0.2, 0) is 6.54 Å². The average Bonchev–Trinajstić information content (AvgIpc) is 3.15. The Morgan fingerprint density at radius 3 is 2.10 bits per heavy atom. The van der Waals surface area contributed by atoms with Crippen LogP contribution in [0.15, 0.2) is 88.2 Å². The van der Waals surface area contributed by atoms with Gasteiger partial charge in [0, 0.05) is 45.5 Å². The van der Waals surface area contributed by atoms with E-state index < -0.39 is 0 Å². The molecule has 1 aliphatic heterocycles. The maximum absolute atomic E-state index is 12.2. The number of aromatic nitrogens is 2. The van der Waals surface area contributed by atoms with Crippen LogP contribution in [0.2, 0.25) is 0 Å². The van der Waals surface area contributed by atoms with Crippen molar-refractivity contribution >= 4 is 11.2 Å². The van der Waals surface area contributed by atoms with Crippen LogP contribution >= 0.6 is 0 Å². The van der Waals surface area contributed by atoms with Crippen molar-refractivity contribution in [1.82, 2.24) is 19.4 Å². The number of fused-ring (bicyclic) bond motifs is 1. The smallest absolute Gasteiger partial charge is 0.406 e. The van der Waals surface area contributed by atoms with Gasteiger partial charge in [-0.05, 0) is 23.3 Å². The zero-order chi connectivity index (χ0) is 21.0. The summed E-state index contributed by atoms with van der Waals surface area (Å²) in [5.74, 6) is -0.333. The summed E-state index contributed by atoms with van der Waals surface area (Å²) in [6, 6.07) is 25.3. The van der Waals surface area contributed by atoms with Gasteiger partial charge in [-0.15, -0.1) is 0 Å². The third kappa shape index (κ3) is 4.17. The molecule has 0 amide bonds. The predicted molar refractivity (Wildman–Crippen MR) is 121 cm³/mol. The van der Waals surface area contributed by atoms with Crippen LogP contribution in [-0.4, -0.2) is 52.1 Å². The van der Waals surface area contributed by atoms with E-state index in [0.29, 0.717) is 17.8 Å². The summed E-state index contributed by atoms with van der Waals surface area (Å²) < 4.78 is 6.94. The summed E-state index contributed by atoms with van der Waals surface area (Å²) in [6.45, 7) is 5.29. The van der Waals surface area contributed by atoms with E-state index in [0.717, 1.165) is 32.7 Å². The van der Waals surface area contributed by atoms with Gasteiger partial charge in [0.1, 0.15) is 0 Å². The molecule has 4 aromatic rings. The maximum Gasteiger partial charge on any atom is 0.421 e. The lowest BCUT2D eigenvalue weighted by atomic mass is 9.96. The summed E-state index contributed by atoms with van der Waals surface area (Å²) in [5, 5.41) is 0. The van der Waals surface area contributed by atoms with Crippen LogP contribution in [0.3, 0.4) is 0 Å². The Balaban J connectivity index is 1.27. The van der Waals surface area contributed by atoms with E-state index in [9.17, 15) is 4.79 Å². The highest BCUT2D eigenvalue weighted by atomic mass is 16.4. The van der Waals surface area contributed by atoms with Gasteiger partial charge in [0.2, 0.25) is 0 Å². The van der Waals surface area contributed by atoms with Gasteiger partial charge in [0.15, 0.2) is 11.2 Å². The number of benzene rings is 2. The fraction of sp³-hybridized carbons (Fsp3) is 0.280. The number of nitrogens with zero attached hydrogens (tertiary/aromatic N) is 4. The topological polar surface area (TPSA) is 54.5 Å². The van der Waals surface area contributed by atoms with Crippen molar-refractivity contribution in [2.75, 3.05) is 32.7 Å². The second-order valence-electron chi connectivity index (χ2n) is 7.95. The molecular formula is C25H26N4O2. The van der Waals surface area contributed by atoms with Crippen molar-refractivity contribution in [3.8, 4) is 0 Å². The molecule has 0 atom stereocenters. The Labute approximate surface area is 181 Å². The van der Waals surface area contributed by atoms with Crippen molar-refractivity contribution in [3.05, 3.63) is 101 Å². The number of oxazole rings is 1. The zero-order valence-corrected chi connectivity index (χ0v) is 17.4. The molecule has 6 heteroatoms. The molecule has 0 radical (unpaired) electrons. The molecule has 31 heavy (non-hydrogen) atoms. The maximum atomic E-state index is 12.2. The summed E-state index contributed by atoms with van der Waals surface area (Å²) >= 11 is 0. The van der Waals surface area contributed by atoms with Gasteiger partial charge in [-0.2, -0.15) is 0 Å². The predicted octanol–water partition coefficient (Wildman–Crippen LogP) is 3.40. The molecule has 0 spiro atoms. The van der Waals surface area contributed by atoms with Gasteiger partial charge in [-0.1, -0.05) is 60.7 Å². The third-order valence-corrected chi connectivity index (χ3v) is 6.07.